The third-order valence-electron chi connectivity index (χ3n) is 3.39. The molecule has 2 atom stereocenters. The minimum absolute atomic E-state index is 0.0495. The van der Waals surface area contributed by atoms with E-state index >= 15 is 0 Å². The van der Waals surface area contributed by atoms with Crippen molar-refractivity contribution in [3.05, 3.63) is 11.6 Å². The number of nitrogens with two attached hydrogens (primary N) is 1. The van der Waals surface area contributed by atoms with Crippen molar-refractivity contribution in [3.63, 3.8) is 0 Å². The predicted molar refractivity (Wildman–Crippen MR) is 69.0 cm³/mol. The number of carbonyl (C=O) groups is 1. The van der Waals surface area contributed by atoms with Gasteiger partial charge in [-0.05, 0) is 25.5 Å². The first-order chi connectivity index (χ1) is 8.63. The number of carbonyl (C=O) groups excluding carboxylic acids is 1. The van der Waals surface area contributed by atoms with Crippen LogP contribution in [0, 0.1) is 5.92 Å². The molecule has 0 aromatic heterocycles. The van der Waals surface area contributed by atoms with Gasteiger partial charge in [0.05, 0.1) is 6.04 Å². The van der Waals surface area contributed by atoms with Crippen LogP contribution in [0.3, 0.4) is 0 Å². The Kier molecular flexibility index (Phi) is 3.76. The van der Waals surface area contributed by atoms with Gasteiger partial charge < -0.3 is 16.3 Å². The monoisotopic (exact) mass is 250 g/mol. The fourth-order valence-electron chi connectivity index (χ4n) is 2.30. The van der Waals surface area contributed by atoms with Crippen molar-refractivity contribution in [2.45, 2.75) is 25.8 Å². The summed E-state index contributed by atoms with van der Waals surface area (Å²) in [6.45, 7) is 3.35. The van der Waals surface area contributed by atoms with Gasteiger partial charge in [-0.25, -0.2) is 0 Å². The highest BCUT2D eigenvalue weighted by Gasteiger charge is 2.29. The fourth-order valence-corrected chi connectivity index (χ4v) is 2.30. The second-order valence-corrected chi connectivity index (χ2v) is 4.73. The first kappa shape index (κ1) is 12.8. The number of nitrogens with zero attached hydrogens (tertiary/aromatic N) is 2. The van der Waals surface area contributed by atoms with E-state index in [0.717, 1.165) is 19.4 Å². The average Bonchev–Trinajstić information content (AvgIpc) is 2.91. The lowest BCUT2D eigenvalue weighted by Crippen LogP contribution is -2.36. The molecule has 0 saturated carbocycles. The average molecular weight is 250 g/mol. The maximum absolute atomic E-state index is 12.3. The van der Waals surface area contributed by atoms with Crippen LogP contribution in [0.15, 0.2) is 21.8 Å². The summed E-state index contributed by atoms with van der Waals surface area (Å²) in [5.41, 5.74) is 6.61. The number of amidine groups is 1. The summed E-state index contributed by atoms with van der Waals surface area (Å²) in [5, 5.41) is 14.8. The van der Waals surface area contributed by atoms with E-state index < -0.39 is 0 Å². The Balaban J connectivity index is 2.21. The zero-order chi connectivity index (χ0) is 13.1. The van der Waals surface area contributed by atoms with Crippen molar-refractivity contribution in [1.29, 1.82) is 0 Å². The van der Waals surface area contributed by atoms with Crippen LogP contribution in [-0.4, -0.2) is 41.7 Å². The van der Waals surface area contributed by atoms with E-state index in [0.29, 0.717) is 17.8 Å². The molecule has 0 amide bonds. The lowest BCUT2D eigenvalue weighted by atomic mass is 9.89. The molecule has 18 heavy (non-hydrogen) atoms. The summed E-state index contributed by atoms with van der Waals surface area (Å²) in [6, 6.07) is -0.0923. The molecular weight excluding hydrogens is 232 g/mol. The topological polar surface area (TPSA) is 100 Å². The lowest BCUT2D eigenvalue weighted by molar-refractivity contribution is -0.117. The van der Waals surface area contributed by atoms with Crippen molar-refractivity contribution < 1.29 is 10.0 Å². The Morgan fingerprint density at radius 3 is 3.06 bits per heavy atom. The van der Waals surface area contributed by atoms with E-state index in [4.69, 9.17) is 10.9 Å². The van der Waals surface area contributed by atoms with Crippen molar-refractivity contribution in [1.82, 2.24) is 5.32 Å². The summed E-state index contributed by atoms with van der Waals surface area (Å²) < 4.78 is 0. The van der Waals surface area contributed by atoms with E-state index in [1.54, 1.807) is 6.08 Å². The van der Waals surface area contributed by atoms with Gasteiger partial charge in [-0.3, -0.25) is 9.79 Å². The van der Waals surface area contributed by atoms with Crippen LogP contribution < -0.4 is 11.1 Å². The van der Waals surface area contributed by atoms with Crippen LogP contribution in [0.5, 0.6) is 0 Å². The number of aliphatic imine (C=N–C) groups is 1. The minimum Gasteiger partial charge on any atom is -0.409 e. The normalized spacial score (nSPS) is 28.8. The Morgan fingerprint density at radius 1 is 1.67 bits per heavy atom. The maximum Gasteiger partial charge on any atom is 0.188 e. The number of dihydropyridines is 1. The van der Waals surface area contributed by atoms with Gasteiger partial charge in [0.15, 0.2) is 11.6 Å². The number of Topliss-reactive ketones (excluding diaryl/α,β-unsaturated/α-hetero) is 1. The van der Waals surface area contributed by atoms with E-state index in [-0.39, 0.29) is 23.6 Å². The quantitative estimate of drug-likeness (QED) is 0.285. The van der Waals surface area contributed by atoms with Crippen LogP contribution in [0.2, 0.25) is 0 Å². The molecular formula is C12H18N4O2. The molecule has 0 spiro atoms. The van der Waals surface area contributed by atoms with Gasteiger partial charge in [0.25, 0.3) is 0 Å². The highest BCUT2D eigenvalue weighted by Crippen LogP contribution is 2.21. The maximum atomic E-state index is 12.3. The standard InChI is InChI=1S/C12H18N4O2/c1-7-6-15-10(12(13)16-18)5-8(7)11(17)9-3-2-4-14-9/h5,7,9,14,18H,2-4,6H2,1H3,(H2,13,16)/t7?,9-/m0/s1. The van der Waals surface area contributed by atoms with Gasteiger partial charge in [-0.2, -0.15) is 0 Å². The molecule has 4 N–H and O–H groups in total. The van der Waals surface area contributed by atoms with Gasteiger partial charge in [0.1, 0.15) is 5.71 Å². The smallest absolute Gasteiger partial charge is 0.188 e. The zero-order valence-corrected chi connectivity index (χ0v) is 10.4. The zero-order valence-electron chi connectivity index (χ0n) is 10.4. The van der Waals surface area contributed by atoms with Crippen molar-refractivity contribution >= 4 is 17.3 Å². The molecule has 0 aliphatic carbocycles. The van der Waals surface area contributed by atoms with Gasteiger partial charge in [0, 0.05) is 18.0 Å². The molecule has 6 heteroatoms. The highest BCUT2D eigenvalue weighted by atomic mass is 16.4. The molecule has 1 unspecified atom stereocenters. The van der Waals surface area contributed by atoms with Crippen LogP contribution >= 0.6 is 0 Å². The van der Waals surface area contributed by atoms with Crippen molar-refractivity contribution in [2.24, 2.45) is 21.8 Å². The Morgan fingerprint density at radius 2 is 2.44 bits per heavy atom. The van der Waals surface area contributed by atoms with E-state index in [1.165, 1.54) is 0 Å². The SMILES string of the molecule is CC1CN=C(C(N)=NO)C=C1C(=O)[C@@H]1CCCN1. The lowest BCUT2D eigenvalue weighted by Gasteiger charge is -2.21. The van der Waals surface area contributed by atoms with Crippen LogP contribution in [0.1, 0.15) is 19.8 Å². The van der Waals surface area contributed by atoms with Gasteiger partial charge >= 0.3 is 0 Å². The molecule has 0 aromatic carbocycles. The third kappa shape index (κ3) is 2.43. The second kappa shape index (κ2) is 5.30. The molecule has 1 fully saturated rings. The van der Waals surface area contributed by atoms with E-state index in [1.807, 2.05) is 6.92 Å². The predicted octanol–water partition coefficient (Wildman–Crippen LogP) is 0.0710. The Bertz CT molecular complexity index is 433. The molecule has 2 rings (SSSR count). The molecule has 2 heterocycles. The Hall–Kier alpha value is -1.69. The van der Waals surface area contributed by atoms with Crippen molar-refractivity contribution in [3.8, 4) is 0 Å². The summed E-state index contributed by atoms with van der Waals surface area (Å²) in [4.78, 5) is 16.5. The summed E-state index contributed by atoms with van der Waals surface area (Å²) in [7, 11) is 0. The molecule has 98 valence electrons. The number of rotatable bonds is 3. The summed E-state index contributed by atoms with van der Waals surface area (Å²) in [6.07, 6.45) is 3.55. The number of nitrogens with one attached hydrogen (secondary N) is 1. The molecule has 6 nitrogen and oxygen atoms in total. The highest BCUT2D eigenvalue weighted by molar-refractivity contribution is 6.46. The van der Waals surface area contributed by atoms with Crippen LogP contribution in [0.4, 0.5) is 0 Å². The first-order valence-electron chi connectivity index (χ1n) is 6.15. The molecule has 2 aliphatic heterocycles. The molecule has 0 radical (unpaired) electrons. The molecule has 0 bridgehead atoms. The largest absolute Gasteiger partial charge is 0.409 e. The van der Waals surface area contributed by atoms with E-state index in [2.05, 4.69) is 15.5 Å². The van der Waals surface area contributed by atoms with Gasteiger partial charge in [-0.15, -0.1) is 0 Å². The summed E-state index contributed by atoms with van der Waals surface area (Å²) >= 11 is 0. The summed E-state index contributed by atoms with van der Waals surface area (Å²) in [5.74, 6) is 0.139. The van der Waals surface area contributed by atoms with Crippen LogP contribution in [-0.2, 0) is 4.79 Å². The number of hydrogen-bond donors (Lipinski definition) is 3. The third-order valence-corrected chi connectivity index (χ3v) is 3.39. The van der Waals surface area contributed by atoms with Gasteiger partial charge in [0.2, 0.25) is 0 Å². The van der Waals surface area contributed by atoms with Crippen LogP contribution in [0.25, 0.3) is 0 Å². The van der Waals surface area contributed by atoms with E-state index in [9.17, 15) is 4.79 Å². The number of oxime groups is 1. The van der Waals surface area contributed by atoms with Gasteiger partial charge in [-0.1, -0.05) is 12.1 Å². The minimum atomic E-state index is -0.0923. The second-order valence-electron chi connectivity index (χ2n) is 4.73. The fraction of sp³-hybridized carbons (Fsp3) is 0.583. The molecule has 0 aromatic rings. The van der Waals surface area contributed by atoms with Crippen molar-refractivity contribution in [2.75, 3.05) is 13.1 Å². The number of hydrogen-bond acceptors (Lipinski definition) is 5. The number of ketones is 1. The molecule has 2 aliphatic rings. The first-order valence-corrected chi connectivity index (χ1v) is 6.15. The molecule has 1 saturated heterocycles. The Labute approximate surface area is 106 Å².